The van der Waals surface area contributed by atoms with Crippen LogP contribution in [0, 0.1) is 0 Å². The first-order valence-electron chi connectivity index (χ1n) is 3.02. The van der Waals surface area contributed by atoms with Gasteiger partial charge in [0, 0.05) is 0 Å². The van der Waals surface area contributed by atoms with Gasteiger partial charge in [-0.1, -0.05) is 27.3 Å². The van der Waals surface area contributed by atoms with E-state index in [1.165, 1.54) is 0 Å². The Hall–Kier alpha value is -0.320. The molecule has 1 aliphatic heterocycles. The molecule has 10 heavy (non-hydrogen) atoms. The average molecular weight is 251 g/mol. The Morgan fingerprint density at radius 3 is 3.10 bits per heavy atom. The summed E-state index contributed by atoms with van der Waals surface area (Å²) < 4.78 is 7.71. The first-order valence-corrected chi connectivity index (χ1v) is 5.34. The summed E-state index contributed by atoms with van der Waals surface area (Å²) in [6.07, 6.45) is 3.75. The second kappa shape index (κ2) is 3.75. The van der Waals surface area contributed by atoms with Crippen molar-refractivity contribution >= 4 is 27.2 Å². The van der Waals surface area contributed by atoms with Crippen LogP contribution in [0.3, 0.4) is 0 Å². The molecule has 2 nitrogen and oxygen atoms in total. The first kappa shape index (κ1) is 7.78. The smallest absolute Gasteiger partial charge is 0.343 e. The minimum atomic E-state index is -0.170. The molecule has 1 heterocycles. The summed E-state index contributed by atoms with van der Waals surface area (Å²) in [6.45, 7) is 2.29. The van der Waals surface area contributed by atoms with E-state index in [4.69, 9.17) is 4.74 Å². The zero-order chi connectivity index (χ0) is 7.40. The number of rotatable bonds is 2. The molecule has 3 heteroatoms. The molecular weight excluding hydrogens is 243 g/mol. The number of hydrogen-bond acceptors (Lipinski definition) is 2. The Kier molecular flexibility index (Phi) is 2.92. The lowest BCUT2D eigenvalue weighted by Crippen LogP contribution is -2.02. The fourth-order valence-electron chi connectivity index (χ4n) is 0.574. The van der Waals surface area contributed by atoms with Crippen LogP contribution < -0.4 is 0 Å². The van der Waals surface area contributed by atoms with E-state index in [2.05, 4.69) is 0 Å². The van der Waals surface area contributed by atoms with Gasteiger partial charge in [0.2, 0.25) is 0 Å². The van der Waals surface area contributed by atoms with Crippen LogP contribution in [0.25, 0.3) is 0 Å². The molecule has 0 bridgehead atoms. The lowest BCUT2D eigenvalue weighted by Gasteiger charge is -1.99. The Labute approximate surface area is 70.2 Å². The molecule has 0 unspecified atom stereocenters. The number of esters is 1. The van der Waals surface area contributed by atoms with Gasteiger partial charge in [0.05, 0.1) is 10.2 Å². The molecule has 0 aromatic carbocycles. The summed E-state index contributed by atoms with van der Waals surface area (Å²) in [5.74, 6) is -0.139. The van der Waals surface area contributed by atoms with Gasteiger partial charge < -0.3 is 4.74 Å². The molecular formula is C7H8IO2. The number of carbonyl (C=O) groups is 1. The number of hydrogen-bond donors (Lipinski definition) is 0. The van der Waals surface area contributed by atoms with Crippen LogP contribution >= 0.6 is 21.2 Å². The summed E-state index contributed by atoms with van der Waals surface area (Å²) >= 11 is -0.170. The lowest BCUT2D eigenvalue weighted by molar-refractivity contribution is -0.137. The van der Waals surface area contributed by atoms with E-state index >= 15 is 0 Å². The molecule has 0 aliphatic carbocycles. The van der Waals surface area contributed by atoms with Crippen molar-refractivity contribution in [3.05, 3.63) is 19.8 Å². The topological polar surface area (TPSA) is 26.3 Å². The summed E-state index contributed by atoms with van der Waals surface area (Å²) in [7, 11) is 0. The minimum Gasteiger partial charge on any atom is -0.462 e. The van der Waals surface area contributed by atoms with E-state index in [0.29, 0.717) is 6.61 Å². The van der Waals surface area contributed by atoms with E-state index in [1.807, 2.05) is 23.2 Å². The predicted octanol–water partition coefficient (Wildman–Crippen LogP) is 1.93. The van der Waals surface area contributed by atoms with Crippen LogP contribution in [-0.4, -0.2) is 12.6 Å². The first-order chi connectivity index (χ1) is 4.84. The quantitative estimate of drug-likeness (QED) is 0.553. The Morgan fingerprint density at radius 2 is 2.60 bits per heavy atom. The Morgan fingerprint density at radius 1 is 1.80 bits per heavy atom. The van der Waals surface area contributed by atoms with E-state index < -0.39 is 0 Å². The van der Waals surface area contributed by atoms with Gasteiger partial charge in [0.25, 0.3) is 0 Å². The number of ether oxygens (including phenoxy) is 1. The van der Waals surface area contributed by atoms with Crippen molar-refractivity contribution in [1.82, 2.24) is 0 Å². The van der Waals surface area contributed by atoms with Crippen LogP contribution in [0.2, 0.25) is 0 Å². The molecule has 0 aromatic rings. The largest absolute Gasteiger partial charge is 0.462 e. The monoisotopic (exact) mass is 251 g/mol. The molecule has 0 N–H and O–H groups in total. The fraction of sp³-hybridized carbons (Fsp3) is 0.286. The average Bonchev–Trinajstić information content (AvgIpc) is 2.38. The molecule has 0 fully saturated rings. The van der Waals surface area contributed by atoms with Gasteiger partial charge >= 0.3 is 5.97 Å². The lowest BCUT2D eigenvalue weighted by atomic mass is 10.5. The van der Waals surface area contributed by atoms with E-state index in [9.17, 15) is 4.79 Å². The highest BCUT2D eigenvalue weighted by Gasteiger charge is 2.10. The third kappa shape index (κ3) is 1.83. The number of halogens is 1. The zero-order valence-corrected chi connectivity index (χ0v) is 7.79. The molecule has 1 aliphatic rings. The third-order valence-electron chi connectivity index (χ3n) is 0.966. The van der Waals surface area contributed by atoms with Gasteiger partial charge in [0.15, 0.2) is 0 Å². The van der Waals surface area contributed by atoms with Crippen LogP contribution in [0.15, 0.2) is 19.8 Å². The van der Waals surface area contributed by atoms with Crippen molar-refractivity contribution in [2.75, 3.05) is 6.61 Å². The number of allylic oxidation sites excluding steroid dienone is 2. The highest BCUT2D eigenvalue weighted by Crippen LogP contribution is 2.31. The van der Waals surface area contributed by atoms with Crippen molar-refractivity contribution in [2.45, 2.75) is 6.92 Å². The van der Waals surface area contributed by atoms with Gasteiger partial charge in [-0.05, 0) is 17.1 Å². The van der Waals surface area contributed by atoms with Crippen molar-refractivity contribution in [1.29, 1.82) is 0 Å². The molecule has 55 valence electrons. The minimum absolute atomic E-state index is 0.139. The van der Waals surface area contributed by atoms with Crippen LogP contribution in [0.5, 0.6) is 0 Å². The predicted molar refractivity (Wildman–Crippen MR) is 47.9 cm³/mol. The molecule has 0 amide bonds. The second-order valence-corrected chi connectivity index (χ2v) is 4.17. The van der Waals surface area contributed by atoms with Crippen molar-refractivity contribution in [3.8, 4) is 0 Å². The molecule has 0 atom stereocenters. The van der Waals surface area contributed by atoms with Crippen molar-refractivity contribution in [3.63, 3.8) is 0 Å². The summed E-state index contributed by atoms with van der Waals surface area (Å²) in [5.41, 5.74) is 0. The van der Waals surface area contributed by atoms with Crippen molar-refractivity contribution < 1.29 is 9.53 Å². The van der Waals surface area contributed by atoms with E-state index in [-0.39, 0.29) is 27.2 Å². The van der Waals surface area contributed by atoms with Crippen molar-refractivity contribution in [2.24, 2.45) is 0 Å². The van der Waals surface area contributed by atoms with Crippen LogP contribution in [0.4, 0.5) is 0 Å². The van der Waals surface area contributed by atoms with Gasteiger partial charge in [-0.15, -0.1) is 0 Å². The standard InChI is InChI=1S/C7H8IO2/c1-2-10-7(9)6-4-3-5-8-6/h3-5H,2H2,1H3. The van der Waals surface area contributed by atoms with Gasteiger partial charge in [-0.25, -0.2) is 4.79 Å². The molecule has 0 aromatic heterocycles. The van der Waals surface area contributed by atoms with Gasteiger partial charge in [0.1, 0.15) is 0 Å². The van der Waals surface area contributed by atoms with E-state index in [1.54, 1.807) is 0 Å². The number of carbonyl (C=O) groups excluding carboxylic acids is 1. The maximum Gasteiger partial charge on any atom is 0.343 e. The highest BCUT2D eigenvalue weighted by atomic mass is 127. The van der Waals surface area contributed by atoms with Gasteiger partial charge in [-0.3, -0.25) is 0 Å². The van der Waals surface area contributed by atoms with Crippen LogP contribution in [0.1, 0.15) is 6.92 Å². The zero-order valence-electron chi connectivity index (χ0n) is 5.63. The molecule has 1 radical (unpaired) electrons. The normalized spacial score (nSPS) is 15.1. The molecule has 0 saturated heterocycles. The maximum absolute atomic E-state index is 10.9. The summed E-state index contributed by atoms with van der Waals surface area (Å²) in [6, 6.07) is 0. The molecule has 0 saturated carbocycles. The fourth-order valence-corrected chi connectivity index (χ4v) is 2.20. The van der Waals surface area contributed by atoms with E-state index in [0.717, 1.165) is 3.58 Å². The van der Waals surface area contributed by atoms with Crippen LogP contribution in [-0.2, 0) is 9.53 Å². The summed E-state index contributed by atoms with van der Waals surface area (Å²) in [4.78, 5) is 10.9. The molecule has 0 spiro atoms. The Balaban J connectivity index is 2.43. The third-order valence-corrected chi connectivity index (χ3v) is 3.21. The molecule has 1 rings (SSSR count). The second-order valence-electron chi connectivity index (χ2n) is 1.66. The maximum atomic E-state index is 10.9. The Bertz CT molecular complexity index is 194. The highest BCUT2D eigenvalue weighted by molar-refractivity contribution is 14.2. The summed E-state index contributed by atoms with van der Waals surface area (Å²) in [5, 5.41) is 0. The SMILES string of the molecule is CCOC(=O)C1=CC=C[I]1. The van der Waals surface area contributed by atoms with Gasteiger partial charge in [-0.2, -0.15) is 0 Å².